The predicted molar refractivity (Wildman–Crippen MR) is 103 cm³/mol. The lowest BCUT2D eigenvalue weighted by Gasteiger charge is -2.08. The van der Waals surface area contributed by atoms with Crippen LogP contribution in [-0.4, -0.2) is 11.8 Å². The van der Waals surface area contributed by atoms with Crippen LogP contribution in [-0.2, 0) is 9.59 Å². The summed E-state index contributed by atoms with van der Waals surface area (Å²) in [5, 5.41) is 6.89. The number of halogens is 4. The molecule has 4 rings (SSSR count). The fraction of sp³-hybridized carbons (Fsp3) is 0. The first-order valence-corrected chi connectivity index (χ1v) is 8.90. The van der Waals surface area contributed by atoms with Crippen molar-refractivity contribution in [2.75, 3.05) is 0 Å². The van der Waals surface area contributed by atoms with E-state index in [2.05, 4.69) is 10.6 Å². The van der Waals surface area contributed by atoms with Gasteiger partial charge in [-0.1, -0.05) is 58.5 Å². The first-order chi connectivity index (χ1) is 12.4. The molecule has 4 nitrogen and oxygen atoms in total. The molecular weight excluding hydrogens is 418 g/mol. The lowest BCUT2D eigenvalue weighted by Crippen LogP contribution is -2.21. The number of amides is 2. The van der Waals surface area contributed by atoms with Crippen LogP contribution in [0.25, 0.3) is 11.4 Å². The van der Waals surface area contributed by atoms with Gasteiger partial charge in [-0.25, -0.2) is 0 Å². The molecule has 2 aliphatic heterocycles. The maximum Gasteiger partial charge on any atom is 0.258 e. The predicted octanol–water partition coefficient (Wildman–Crippen LogP) is 4.68. The van der Waals surface area contributed by atoms with Crippen molar-refractivity contribution in [3.63, 3.8) is 0 Å². The van der Waals surface area contributed by atoms with Crippen molar-refractivity contribution in [2.45, 2.75) is 0 Å². The molecule has 0 fully saturated rings. The van der Waals surface area contributed by atoms with Crippen molar-refractivity contribution in [1.82, 2.24) is 10.6 Å². The molecule has 0 aromatic heterocycles. The third kappa shape index (κ3) is 2.70. The molecule has 0 atom stereocenters. The zero-order valence-electron chi connectivity index (χ0n) is 12.8. The average Bonchev–Trinajstić information content (AvgIpc) is 3.12. The van der Waals surface area contributed by atoms with E-state index in [1.807, 2.05) is 0 Å². The third-order valence-electron chi connectivity index (χ3n) is 4.10. The summed E-state index contributed by atoms with van der Waals surface area (Å²) in [4.78, 5) is 25.1. The smallest absolute Gasteiger partial charge is 0.258 e. The van der Waals surface area contributed by atoms with E-state index in [1.54, 1.807) is 36.4 Å². The quantitative estimate of drug-likeness (QED) is 0.733. The highest BCUT2D eigenvalue weighted by Gasteiger charge is 2.40. The topological polar surface area (TPSA) is 58.2 Å². The van der Waals surface area contributed by atoms with Crippen LogP contribution >= 0.6 is 46.4 Å². The highest BCUT2D eigenvalue weighted by molar-refractivity contribution is 6.43. The molecule has 0 radical (unpaired) electrons. The van der Waals surface area contributed by atoms with Gasteiger partial charge in [0.25, 0.3) is 11.8 Å². The molecule has 130 valence electrons. The van der Waals surface area contributed by atoms with Crippen LogP contribution in [0.15, 0.2) is 47.5 Å². The Hall–Kier alpha value is -1.98. The number of hydrogen-bond donors (Lipinski definition) is 2. The number of fused-ring (bicyclic) bond motifs is 1. The molecule has 0 saturated heterocycles. The average molecular weight is 426 g/mol. The monoisotopic (exact) mass is 424 g/mol. The molecule has 0 aliphatic carbocycles. The highest BCUT2D eigenvalue weighted by atomic mass is 35.5. The van der Waals surface area contributed by atoms with E-state index in [9.17, 15) is 9.59 Å². The van der Waals surface area contributed by atoms with Crippen LogP contribution in [0.1, 0.15) is 11.1 Å². The molecule has 0 saturated carbocycles. The largest absolute Gasteiger partial charge is 0.321 e. The zero-order valence-corrected chi connectivity index (χ0v) is 15.8. The summed E-state index contributed by atoms with van der Waals surface area (Å²) in [6.45, 7) is 0. The van der Waals surface area contributed by atoms with E-state index in [0.29, 0.717) is 42.6 Å². The van der Waals surface area contributed by atoms with E-state index in [1.165, 1.54) is 0 Å². The van der Waals surface area contributed by atoms with E-state index in [-0.39, 0.29) is 23.0 Å². The van der Waals surface area contributed by atoms with E-state index in [0.717, 1.165) is 0 Å². The van der Waals surface area contributed by atoms with Gasteiger partial charge in [-0.2, -0.15) is 0 Å². The SMILES string of the molecule is O=C1NC(c2ccc(Cl)c(Cl)c2)=C2C(=O)NC(c3ccc(Cl)c(Cl)c3)=C12. The van der Waals surface area contributed by atoms with Crippen molar-refractivity contribution in [3.8, 4) is 0 Å². The van der Waals surface area contributed by atoms with E-state index >= 15 is 0 Å². The second-order valence-electron chi connectivity index (χ2n) is 5.67. The summed E-state index contributed by atoms with van der Waals surface area (Å²) < 4.78 is 0. The minimum absolute atomic E-state index is 0.259. The zero-order chi connectivity index (χ0) is 18.6. The number of nitrogens with one attached hydrogen (secondary N) is 2. The first-order valence-electron chi connectivity index (χ1n) is 7.39. The van der Waals surface area contributed by atoms with Gasteiger partial charge in [-0.3, -0.25) is 9.59 Å². The lowest BCUT2D eigenvalue weighted by molar-refractivity contribution is -0.117. The summed E-state index contributed by atoms with van der Waals surface area (Å²) in [6, 6.07) is 9.77. The number of carbonyl (C=O) groups excluding carboxylic acids is 2. The Balaban J connectivity index is 1.90. The summed E-state index contributed by atoms with van der Waals surface area (Å²) in [7, 11) is 0. The van der Waals surface area contributed by atoms with Gasteiger partial charge in [-0.15, -0.1) is 0 Å². The first kappa shape index (κ1) is 17.4. The number of hydrogen-bond acceptors (Lipinski definition) is 2. The molecule has 2 N–H and O–H groups in total. The van der Waals surface area contributed by atoms with Gasteiger partial charge in [0.05, 0.1) is 42.6 Å². The van der Waals surface area contributed by atoms with E-state index < -0.39 is 0 Å². The molecule has 0 spiro atoms. The maximum absolute atomic E-state index is 12.6. The molecule has 2 aliphatic rings. The summed E-state index contributed by atoms with van der Waals surface area (Å²) in [5.74, 6) is -0.777. The van der Waals surface area contributed by atoms with Crippen molar-refractivity contribution in [3.05, 3.63) is 78.8 Å². The normalized spacial score (nSPS) is 16.2. The Kier molecular flexibility index (Phi) is 4.24. The Morgan fingerprint density at radius 1 is 0.577 bits per heavy atom. The molecule has 2 heterocycles. The molecule has 26 heavy (non-hydrogen) atoms. The second-order valence-corrected chi connectivity index (χ2v) is 7.29. The summed E-state index contributed by atoms with van der Waals surface area (Å²) >= 11 is 24.0. The Morgan fingerprint density at radius 2 is 0.962 bits per heavy atom. The second kappa shape index (κ2) is 6.32. The van der Waals surface area contributed by atoms with Gasteiger partial charge in [0, 0.05) is 11.1 Å². The van der Waals surface area contributed by atoms with Crippen molar-refractivity contribution in [1.29, 1.82) is 0 Å². The van der Waals surface area contributed by atoms with Crippen molar-refractivity contribution in [2.24, 2.45) is 0 Å². The highest BCUT2D eigenvalue weighted by Crippen LogP contribution is 2.39. The van der Waals surface area contributed by atoms with Crippen molar-refractivity contribution >= 4 is 69.6 Å². The summed E-state index contributed by atoms with van der Waals surface area (Å²) in [6.07, 6.45) is 0. The molecular formula is C18H8Cl4N2O2. The Bertz CT molecular complexity index is 987. The summed E-state index contributed by atoms with van der Waals surface area (Å²) in [5.41, 5.74) is 2.46. The van der Waals surface area contributed by atoms with Gasteiger partial charge in [-0.05, 0) is 24.3 Å². The van der Waals surface area contributed by atoms with E-state index in [4.69, 9.17) is 46.4 Å². The lowest BCUT2D eigenvalue weighted by atomic mass is 10.0. The van der Waals surface area contributed by atoms with Crippen molar-refractivity contribution < 1.29 is 9.59 Å². The maximum atomic E-state index is 12.6. The van der Waals surface area contributed by atoms with Gasteiger partial charge < -0.3 is 10.6 Å². The van der Waals surface area contributed by atoms with Gasteiger partial charge in [0.15, 0.2) is 0 Å². The fourth-order valence-corrected chi connectivity index (χ4v) is 3.51. The van der Waals surface area contributed by atoms with Gasteiger partial charge >= 0.3 is 0 Å². The van der Waals surface area contributed by atoms with Crippen LogP contribution in [0.3, 0.4) is 0 Å². The Labute approximate surface area is 168 Å². The van der Waals surface area contributed by atoms with Crippen LogP contribution in [0.5, 0.6) is 0 Å². The Morgan fingerprint density at radius 3 is 1.31 bits per heavy atom. The molecule has 0 bridgehead atoms. The van der Waals surface area contributed by atoms with Crippen LogP contribution < -0.4 is 10.6 Å². The molecule has 2 amide bonds. The fourth-order valence-electron chi connectivity index (χ4n) is 2.92. The molecule has 2 aromatic rings. The molecule has 8 heteroatoms. The molecule has 2 aromatic carbocycles. The standard InChI is InChI=1S/C18H8Cl4N2O2/c19-9-3-1-7(5-11(9)21)15-13-14(18(26)23-15)16(24-17(13)25)8-2-4-10(20)12(22)6-8/h1-6H,(H,23,26)(H,24,25). The number of rotatable bonds is 2. The molecule has 0 unspecified atom stereocenters. The number of benzene rings is 2. The van der Waals surface area contributed by atoms with Crippen LogP contribution in [0, 0.1) is 0 Å². The van der Waals surface area contributed by atoms with Crippen LogP contribution in [0.4, 0.5) is 0 Å². The third-order valence-corrected chi connectivity index (χ3v) is 5.58. The van der Waals surface area contributed by atoms with Gasteiger partial charge in [0.2, 0.25) is 0 Å². The minimum Gasteiger partial charge on any atom is -0.321 e. The van der Waals surface area contributed by atoms with Crippen LogP contribution in [0.2, 0.25) is 20.1 Å². The van der Waals surface area contributed by atoms with Gasteiger partial charge in [0.1, 0.15) is 0 Å². The minimum atomic E-state index is -0.388. The number of carbonyl (C=O) groups is 2.